The van der Waals surface area contributed by atoms with Crippen molar-refractivity contribution in [2.45, 2.75) is 13.8 Å². The maximum absolute atomic E-state index is 10.4. The molecule has 0 atom stereocenters. The summed E-state index contributed by atoms with van der Waals surface area (Å²) in [6.07, 6.45) is 0. The highest BCUT2D eigenvalue weighted by atomic mass is 16.7. The highest BCUT2D eigenvalue weighted by Gasteiger charge is 2.10. The predicted octanol–water partition coefficient (Wildman–Crippen LogP) is 0.985. The van der Waals surface area contributed by atoms with Crippen molar-refractivity contribution in [1.82, 2.24) is 0 Å². The van der Waals surface area contributed by atoms with Gasteiger partial charge < -0.3 is 14.6 Å². The van der Waals surface area contributed by atoms with Crippen LogP contribution in [-0.4, -0.2) is 24.8 Å². The van der Waals surface area contributed by atoms with Crippen LogP contribution in [0.3, 0.4) is 0 Å². The largest absolute Gasteiger partial charge is 0.478 e. The Morgan fingerprint density at radius 3 is 2.36 bits per heavy atom. The first-order valence-corrected chi connectivity index (χ1v) is 3.24. The Kier molecular flexibility index (Phi) is 4.10. The minimum Gasteiger partial charge on any atom is -0.478 e. The highest BCUT2D eigenvalue weighted by molar-refractivity contribution is 5.86. The molecule has 0 rings (SSSR count). The summed E-state index contributed by atoms with van der Waals surface area (Å²) in [7, 11) is 1.37. The zero-order valence-electron chi connectivity index (χ0n) is 6.88. The minimum absolute atomic E-state index is 0.0694. The Labute approximate surface area is 65.4 Å². The second kappa shape index (κ2) is 4.60. The Balaban J connectivity index is 4.39. The number of rotatable bonds is 4. The summed E-state index contributed by atoms with van der Waals surface area (Å²) in [5.41, 5.74) is 0.0781. The molecule has 0 saturated heterocycles. The SMILES string of the molecule is CCOC(OC)=C(C)C(=O)O. The highest BCUT2D eigenvalue weighted by Crippen LogP contribution is 2.05. The molecule has 0 aromatic heterocycles. The van der Waals surface area contributed by atoms with Crippen LogP contribution in [-0.2, 0) is 14.3 Å². The molecule has 0 bridgehead atoms. The Hall–Kier alpha value is -1.19. The van der Waals surface area contributed by atoms with Gasteiger partial charge in [0.1, 0.15) is 5.57 Å². The third-order valence-corrected chi connectivity index (χ3v) is 1.09. The molecule has 0 amide bonds. The van der Waals surface area contributed by atoms with Gasteiger partial charge in [0.2, 0.25) is 0 Å². The molecule has 0 aromatic rings. The average Bonchev–Trinajstić information content (AvgIpc) is 1.98. The van der Waals surface area contributed by atoms with Gasteiger partial charge in [-0.25, -0.2) is 4.79 Å². The molecule has 0 aliphatic rings. The van der Waals surface area contributed by atoms with Crippen molar-refractivity contribution in [2.24, 2.45) is 0 Å². The molecule has 0 saturated carbocycles. The van der Waals surface area contributed by atoms with Gasteiger partial charge in [0.25, 0.3) is 5.95 Å². The van der Waals surface area contributed by atoms with E-state index in [0.717, 1.165) is 0 Å². The fourth-order valence-electron chi connectivity index (χ4n) is 0.539. The summed E-state index contributed by atoms with van der Waals surface area (Å²) in [6, 6.07) is 0. The third-order valence-electron chi connectivity index (χ3n) is 1.09. The van der Waals surface area contributed by atoms with Gasteiger partial charge in [-0.1, -0.05) is 0 Å². The third kappa shape index (κ3) is 2.93. The molecule has 0 aliphatic carbocycles. The van der Waals surface area contributed by atoms with Gasteiger partial charge in [-0.2, -0.15) is 0 Å². The quantitative estimate of drug-likeness (QED) is 0.492. The normalized spacial score (nSPS) is 11.9. The first kappa shape index (κ1) is 9.81. The lowest BCUT2D eigenvalue weighted by Crippen LogP contribution is -2.05. The average molecular weight is 160 g/mol. The zero-order valence-corrected chi connectivity index (χ0v) is 6.88. The first-order valence-electron chi connectivity index (χ1n) is 3.24. The van der Waals surface area contributed by atoms with Gasteiger partial charge in [-0.15, -0.1) is 0 Å². The molecule has 0 radical (unpaired) electrons. The predicted molar refractivity (Wildman–Crippen MR) is 39.0 cm³/mol. The molecule has 0 unspecified atom stereocenters. The first-order chi connectivity index (χ1) is 5.13. The van der Waals surface area contributed by atoms with Crippen LogP contribution in [0.2, 0.25) is 0 Å². The summed E-state index contributed by atoms with van der Waals surface area (Å²) in [5.74, 6) is -0.963. The van der Waals surface area contributed by atoms with Gasteiger partial charge in [0, 0.05) is 0 Å². The summed E-state index contributed by atoms with van der Waals surface area (Å²) in [4.78, 5) is 10.4. The Morgan fingerprint density at radius 1 is 1.55 bits per heavy atom. The van der Waals surface area contributed by atoms with E-state index in [9.17, 15) is 4.79 Å². The lowest BCUT2D eigenvalue weighted by Gasteiger charge is -2.07. The molecule has 4 heteroatoms. The summed E-state index contributed by atoms with van der Waals surface area (Å²) in [5, 5.41) is 8.49. The molecular formula is C7H12O4. The van der Waals surface area contributed by atoms with Crippen LogP contribution in [0, 0.1) is 0 Å². The minimum atomic E-state index is -1.03. The van der Waals surface area contributed by atoms with Crippen LogP contribution in [0.25, 0.3) is 0 Å². The van der Waals surface area contributed by atoms with E-state index in [0.29, 0.717) is 6.61 Å². The van der Waals surface area contributed by atoms with Gasteiger partial charge in [-0.05, 0) is 13.8 Å². The van der Waals surface area contributed by atoms with E-state index in [1.165, 1.54) is 14.0 Å². The van der Waals surface area contributed by atoms with Crippen molar-refractivity contribution in [3.8, 4) is 0 Å². The lowest BCUT2D eigenvalue weighted by molar-refractivity contribution is -0.133. The van der Waals surface area contributed by atoms with Crippen molar-refractivity contribution in [3.05, 3.63) is 11.5 Å². The number of carbonyl (C=O) groups is 1. The van der Waals surface area contributed by atoms with E-state index in [1.807, 2.05) is 0 Å². The Morgan fingerprint density at radius 2 is 2.09 bits per heavy atom. The van der Waals surface area contributed by atoms with Crippen LogP contribution < -0.4 is 0 Å². The number of methoxy groups -OCH3 is 1. The van der Waals surface area contributed by atoms with E-state index >= 15 is 0 Å². The fraction of sp³-hybridized carbons (Fsp3) is 0.571. The van der Waals surface area contributed by atoms with Crippen LogP contribution >= 0.6 is 0 Å². The van der Waals surface area contributed by atoms with Gasteiger partial charge in [0.15, 0.2) is 0 Å². The fourth-order valence-corrected chi connectivity index (χ4v) is 0.539. The summed E-state index contributed by atoms with van der Waals surface area (Å²) in [6.45, 7) is 3.58. The Bertz CT molecular complexity index is 171. The molecular weight excluding hydrogens is 148 g/mol. The van der Waals surface area contributed by atoms with E-state index in [4.69, 9.17) is 14.6 Å². The summed E-state index contributed by atoms with van der Waals surface area (Å²) >= 11 is 0. The number of ether oxygens (including phenoxy) is 2. The van der Waals surface area contributed by atoms with Gasteiger partial charge >= 0.3 is 5.97 Å². The van der Waals surface area contributed by atoms with E-state index in [2.05, 4.69) is 0 Å². The maximum atomic E-state index is 10.4. The van der Waals surface area contributed by atoms with Crippen molar-refractivity contribution < 1.29 is 19.4 Å². The second-order valence-electron chi connectivity index (χ2n) is 1.85. The number of carboxylic acid groups (broad SMARTS) is 1. The number of hydrogen-bond acceptors (Lipinski definition) is 3. The van der Waals surface area contributed by atoms with Crippen LogP contribution in [0.15, 0.2) is 11.5 Å². The summed E-state index contributed by atoms with van der Waals surface area (Å²) < 4.78 is 9.58. The van der Waals surface area contributed by atoms with Gasteiger partial charge in [-0.3, -0.25) is 0 Å². The zero-order chi connectivity index (χ0) is 8.85. The molecule has 0 aromatic carbocycles. The lowest BCUT2D eigenvalue weighted by atomic mass is 10.3. The molecule has 11 heavy (non-hydrogen) atoms. The molecule has 64 valence electrons. The van der Waals surface area contributed by atoms with Crippen molar-refractivity contribution in [2.75, 3.05) is 13.7 Å². The van der Waals surface area contributed by atoms with E-state index in [1.54, 1.807) is 6.92 Å². The van der Waals surface area contributed by atoms with Crippen LogP contribution in [0.5, 0.6) is 0 Å². The number of hydrogen-bond donors (Lipinski definition) is 1. The van der Waals surface area contributed by atoms with Crippen molar-refractivity contribution in [3.63, 3.8) is 0 Å². The molecule has 0 aliphatic heterocycles. The molecule has 0 heterocycles. The number of carboxylic acids is 1. The topological polar surface area (TPSA) is 55.8 Å². The monoisotopic (exact) mass is 160 g/mol. The van der Waals surface area contributed by atoms with Crippen LogP contribution in [0.1, 0.15) is 13.8 Å². The molecule has 4 nitrogen and oxygen atoms in total. The van der Waals surface area contributed by atoms with Crippen molar-refractivity contribution >= 4 is 5.97 Å². The van der Waals surface area contributed by atoms with E-state index in [-0.39, 0.29) is 11.5 Å². The van der Waals surface area contributed by atoms with E-state index < -0.39 is 5.97 Å². The standard InChI is InChI=1S/C7H12O4/c1-4-11-7(10-3)5(2)6(8)9/h4H2,1-3H3,(H,8,9). The second-order valence-corrected chi connectivity index (χ2v) is 1.85. The van der Waals surface area contributed by atoms with Gasteiger partial charge in [0.05, 0.1) is 13.7 Å². The molecule has 1 N–H and O–H groups in total. The maximum Gasteiger partial charge on any atom is 0.338 e. The molecule has 0 spiro atoms. The smallest absolute Gasteiger partial charge is 0.338 e. The van der Waals surface area contributed by atoms with Crippen LogP contribution in [0.4, 0.5) is 0 Å². The number of aliphatic carboxylic acids is 1. The van der Waals surface area contributed by atoms with Crippen molar-refractivity contribution in [1.29, 1.82) is 0 Å². The molecule has 0 fully saturated rings.